The molecule has 0 saturated heterocycles. The number of nitrogens with one attached hydrogen (secondary N) is 1. The molecule has 20 heavy (non-hydrogen) atoms. The fourth-order valence-corrected chi connectivity index (χ4v) is 4.28. The first-order valence-corrected chi connectivity index (χ1v) is 8.68. The summed E-state index contributed by atoms with van der Waals surface area (Å²) in [5.74, 6) is 2.07. The van der Waals surface area contributed by atoms with Crippen molar-refractivity contribution in [3.63, 3.8) is 0 Å². The van der Waals surface area contributed by atoms with Gasteiger partial charge in [0.05, 0.1) is 4.88 Å². The van der Waals surface area contributed by atoms with Crippen LogP contribution in [0.2, 0.25) is 0 Å². The third kappa shape index (κ3) is 3.13. The lowest BCUT2D eigenvalue weighted by molar-refractivity contribution is 0.248. The molecule has 3 rings (SSSR count). The average molecular weight is 356 g/mol. The molecule has 1 fully saturated rings. The molecule has 2 heterocycles. The van der Waals surface area contributed by atoms with Gasteiger partial charge in [0.1, 0.15) is 0 Å². The first kappa shape index (κ1) is 14.2. The Hall–Kier alpha value is -0.720. The Morgan fingerprint density at radius 2 is 2.30 bits per heavy atom. The minimum atomic E-state index is 0.579. The quantitative estimate of drug-likeness (QED) is 0.903. The predicted octanol–water partition coefficient (Wildman–Crippen LogP) is 3.88. The maximum atomic E-state index is 5.43. The number of halogens is 1. The van der Waals surface area contributed by atoms with Crippen LogP contribution >= 0.6 is 27.3 Å². The highest BCUT2D eigenvalue weighted by Crippen LogP contribution is 2.30. The predicted molar refractivity (Wildman–Crippen MR) is 83.8 cm³/mol. The molecule has 0 spiro atoms. The topological polar surface area (TPSA) is 51.0 Å². The summed E-state index contributed by atoms with van der Waals surface area (Å²) in [5, 5.41) is 9.55. The zero-order valence-electron chi connectivity index (χ0n) is 11.4. The molecule has 0 aromatic carbocycles. The van der Waals surface area contributed by atoms with E-state index in [1.807, 2.05) is 18.5 Å². The van der Waals surface area contributed by atoms with Gasteiger partial charge in [-0.15, -0.1) is 11.3 Å². The van der Waals surface area contributed by atoms with Gasteiger partial charge in [-0.2, -0.15) is 4.98 Å². The van der Waals surface area contributed by atoms with E-state index in [1.165, 1.54) is 25.7 Å². The van der Waals surface area contributed by atoms with Crippen LogP contribution in [-0.2, 0) is 6.42 Å². The zero-order chi connectivity index (χ0) is 13.9. The smallest absolute Gasteiger partial charge is 0.227 e. The van der Waals surface area contributed by atoms with Gasteiger partial charge in [-0.1, -0.05) is 18.0 Å². The molecule has 108 valence electrons. The molecule has 2 atom stereocenters. The third-order valence-corrected chi connectivity index (χ3v) is 5.66. The van der Waals surface area contributed by atoms with Gasteiger partial charge >= 0.3 is 0 Å². The second-order valence-corrected chi connectivity index (χ2v) is 7.11. The summed E-state index contributed by atoms with van der Waals surface area (Å²) in [4.78, 5) is 5.58. The molecule has 1 saturated carbocycles. The molecule has 1 aliphatic carbocycles. The highest BCUT2D eigenvalue weighted by Gasteiger charge is 2.26. The first-order chi connectivity index (χ1) is 9.76. The van der Waals surface area contributed by atoms with Crippen LogP contribution in [0.1, 0.15) is 31.6 Å². The van der Waals surface area contributed by atoms with Gasteiger partial charge in [-0.25, -0.2) is 0 Å². The standard InChI is InChI=1S/C14H18BrN3OS/c1-16-11-5-3-2-4-9(11)6-13-17-14(18-19-13)12-7-10(15)8-20-12/h7-9,11,16H,2-6H2,1H3. The van der Waals surface area contributed by atoms with E-state index in [0.29, 0.717) is 17.8 Å². The Morgan fingerprint density at radius 1 is 1.45 bits per heavy atom. The largest absolute Gasteiger partial charge is 0.339 e. The lowest BCUT2D eigenvalue weighted by Crippen LogP contribution is -2.37. The van der Waals surface area contributed by atoms with E-state index in [0.717, 1.165) is 21.7 Å². The van der Waals surface area contributed by atoms with E-state index in [4.69, 9.17) is 4.52 Å². The highest BCUT2D eigenvalue weighted by molar-refractivity contribution is 9.10. The fraction of sp³-hybridized carbons (Fsp3) is 0.571. The van der Waals surface area contributed by atoms with Crippen molar-refractivity contribution in [1.29, 1.82) is 0 Å². The van der Waals surface area contributed by atoms with Crippen LogP contribution in [-0.4, -0.2) is 23.2 Å². The van der Waals surface area contributed by atoms with Crippen molar-refractivity contribution < 1.29 is 4.52 Å². The van der Waals surface area contributed by atoms with Crippen molar-refractivity contribution in [2.24, 2.45) is 5.92 Å². The van der Waals surface area contributed by atoms with E-state index in [-0.39, 0.29) is 0 Å². The maximum absolute atomic E-state index is 5.43. The molecule has 1 aliphatic rings. The molecule has 0 amide bonds. The van der Waals surface area contributed by atoms with Crippen LogP contribution in [0.3, 0.4) is 0 Å². The van der Waals surface area contributed by atoms with Crippen LogP contribution in [0.4, 0.5) is 0 Å². The number of aromatic nitrogens is 2. The number of thiophene rings is 1. The van der Waals surface area contributed by atoms with E-state index in [9.17, 15) is 0 Å². The molecule has 2 unspecified atom stereocenters. The van der Waals surface area contributed by atoms with Crippen molar-refractivity contribution in [1.82, 2.24) is 15.5 Å². The number of hydrogen-bond donors (Lipinski definition) is 1. The Kier molecular flexibility index (Phi) is 4.53. The Bertz CT molecular complexity index is 568. The molecule has 0 aliphatic heterocycles. The minimum absolute atomic E-state index is 0.579. The van der Waals surface area contributed by atoms with Gasteiger partial charge in [0.25, 0.3) is 0 Å². The molecule has 1 N–H and O–H groups in total. The SMILES string of the molecule is CNC1CCCCC1Cc1nc(-c2cc(Br)cs2)no1. The van der Waals surface area contributed by atoms with E-state index in [2.05, 4.69) is 31.4 Å². The lowest BCUT2D eigenvalue weighted by Gasteiger charge is -2.30. The van der Waals surface area contributed by atoms with E-state index < -0.39 is 0 Å². The second-order valence-electron chi connectivity index (χ2n) is 5.28. The fourth-order valence-electron chi connectivity index (χ4n) is 2.92. The van der Waals surface area contributed by atoms with E-state index >= 15 is 0 Å². The molecular weight excluding hydrogens is 338 g/mol. The summed E-state index contributed by atoms with van der Waals surface area (Å²) >= 11 is 5.07. The highest BCUT2D eigenvalue weighted by atomic mass is 79.9. The normalized spacial score (nSPS) is 23.1. The van der Waals surface area contributed by atoms with Crippen molar-refractivity contribution >= 4 is 27.3 Å². The maximum Gasteiger partial charge on any atom is 0.227 e. The zero-order valence-corrected chi connectivity index (χ0v) is 13.8. The van der Waals surface area contributed by atoms with Gasteiger partial charge in [0, 0.05) is 22.3 Å². The van der Waals surface area contributed by atoms with Crippen LogP contribution in [0, 0.1) is 5.92 Å². The van der Waals surface area contributed by atoms with Gasteiger partial charge < -0.3 is 9.84 Å². The molecule has 0 radical (unpaired) electrons. The minimum Gasteiger partial charge on any atom is -0.339 e. The third-order valence-electron chi connectivity index (χ3n) is 3.97. The van der Waals surface area contributed by atoms with E-state index in [1.54, 1.807) is 11.3 Å². The van der Waals surface area contributed by atoms with Crippen LogP contribution < -0.4 is 5.32 Å². The Morgan fingerprint density at radius 3 is 3.05 bits per heavy atom. The summed E-state index contributed by atoms with van der Waals surface area (Å²) in [6.45, 7) is 0. The summed E-state index contributed by atoms with van der Waals surface area (Å²) in [6, 6.07) is 2.60. The number of rotatable bonds is 4. The van der Waals surface area contributed by atoms with Gasteiger partial charge in [-0.05, 0) is 47.8 Å². The second kappa shape index (κ2) is 6.37. The molecular formula is C14H18BrN3OS. The van der Waals surface area contributed by atoms with Crippen LogP contribution in [0.25, 0.3) is 10.7 Å². The van der Waals surface area contributed by atoms with Crippen molar-refractivity contribution in [2.75, 3.05) is 7.05 Å². The van der Waals surface area contributed by atoms with Gasteiger partial charge in [0.15, 0.2) is 0 Å². The Balaban J connectivity index is 1.70. The first-order valence-electron chi connectivity index (χ1n) is 7.00. The van der Waals surface area contributed by atoms with Crippen molar-refractivity contribution in [3.8, 4) is 10.7 Å². The number of nitrogens with zero attached hydrogens (tertiary/aromatic N) is 2. The van der Waals surface area contributed by atoms with Gasteiger partial charge in [0.2, 0.25) is 11.7 Å². The molecule has 2 aromatic rings. The molecule has 0 bridgehead atoms. The van der Waals surface area contributed by atoms with Gasteiger partial charge in [-0.3, -0.25) is 0 Å². The summed E-state index contributed by atoms with van der Waals surface area (Å²) in [7, 11) is 2.05. The summed E-state index contributed by atoms with van der Waals surface area (Å²) in [6.07, 6.45) is 6.00. The summed E-state index contributed by atoms with van der Waals surface area (Å²) in [5.41, 5.74) is 0. The average Bonchev–Trinajstić information content (AvgIpc) is 3.08. The lowest BCUT2D eigenvalue weighted by atomic mass is 9.82. The van der Waals surface area contributed by atoms with Crippen molar-refractivity contribution in [3.05, 3.63) is 21.8 Å². The number of hydrogen-bond acceptors (Lipinski definition) is 5. The van der Waals surface area contributed by atoms with Crippen LogP contribution in [0.5, 0.6) is 0 Å². The van der Waals surface area contributed by atoms with Crippen molar-refractivity contribution in [2.45, 2.75) is 38.1 Å². The summed E-state index contributed by atoms with van der Waals surface area (Å²) < 4.78 is 6.49. The Labute approximate surface area is 131 Å². The molecule has 4 nitrogen and oxygen atoms in total. The molecule has 6 heteroatoms. The molecule has 2 aromatic heterocycles. The monoisotopic (exact) mass is 355 g/mol. The van der Waals surface area contributed by atoms with Crippen LogP contribution in [0.15, 0.2) is 20.4 Å².